The summed E-state index contributed by atoms with van der Waals surface area (Å²) in [4.78, 5) is 20.2. The number of ether oxygens (including phenoxy) is 2. The molecule has 1 amide bonds. The summed E-state index contributed by atoms with van der Waals surface area (Å²) in [6.45, 7) is 6.17. The maximum absolute atomic E-state index is 12.1. The van der Waals surface area contributed by atoms with Crippen LogP contribution in [0.1, 0.15) is 27.2 Å². The summed E-state index contributed by atoms with van der Waals surface area (Å²) < 4.78 is 16.2. The number of rotatable bonds is 8. The fourth-order valence-electron chi connectivity index (χ4n) is 1.84. The fraction of sp³-hybridized carbons (Fsp3) is 0.353. The molecule has 0 bridgehead atoms. The summed E-state index contributed by atoms with van der Waals surface area (Å²) in [7, 11) is 0. The zero-order valence-electron chi connectivity index (χ0n) is 15.1. The number of carbonyl (C=O) groups is 1. The third-order valence-corrected chi connectivity index (χ3v) is 4.55. The van der Waals surface area contributed by atoms with E-state index in [2.05, 4.69) is 30.6 Å². The van der Waals surface area contributed by atoms with Gasteiger partial charge >= 0.3 is 12.1 Å². The van der Waals surface area contributed by atoms with Crippen molar-refractivity contribution in [2.24, 2.45) is 0 Å². The predicted molar refractivity (Wildman–Crippen MR) is 111 cm³/mol. The van der Waals surface area contributed by atoms with Gasteiger partial charge in [0.15, 0.2) is 0 Å². The second kappa shape index (κ2) is 10.6. The van der Waals surface area contributed by atoms with E-state index in [1.54, 1.807) is 30.6 Å². The Morgan fingerprint density at radius 1 is 1.37 bits per heavy atom. The van der Waals surface area contributed by atoms with Crippen molar-refractivity contribution < 1.29 is 14.3 Å². The predicted octanol–water partition coefficient (Wildman–Crippen LogP) is 5.92. The van der Waals surface area contributed by atoms with E-state index in [1.165, 1.54) is 4.31 Å². The molecule has 10 heteroatoms. The molecule has 0 aliphatic heterocycles. The second-order valence-corrected chi connectivity index (χ2v) is 7.81. The molecule has 2 aromatic rings. The number of halogens is 2. The third-order valence-electron chi connectivity index (χ3n) is 2.97. The van der Waals surface area contributed by atoms with E-state index >= 15 is 0 Å². The van der Waals surface area contributed by atoms with Gasteiger partial charge in [0.2, 0.25) is 0 Å². The van der Waals surface area contributed by atoms with Gasteiger partial charge in [-0.1, -0.05) is 18.5 Å². The molecular weight excluding hydrogens is 456 g/mol. The van der Waals surface area contributed by atoms with Crippen LogP contribution in [-0.2, 0) is 4.74 Å². The third kappa shape index (κ3) is 7.08. The van der Waals surface area contributed by atoms with Gasteiger partial charge in [-0.15, -0.1) is 0 Å². The molecule has 0 aliphatic rings. The van der Waals surface area contributed by atoms with Gasteiger partial charge < -0.3 is 14.2 Å². The van der Waals surface area contributed by atoms with Crippen molar-refractivity contribution >= 4 is 51.4 Å². The molecular formula is C17H20BrClN4O3S. The van der Waals surface area contributed by atoms with Crippen LogP contribution in [-0.4, -0.2) is 33.0 Å². The Balaban J connectivity index is 1.99. The van der Waals surface area contributed by atoms with Gasteiger partial charge in [0.1, 0.15) is 5.75 Å². The average molecular weight is 476 g/mol. The van der Waals surface area contributed by atoms with Crippen LogP contribution >= 0.6 is 39.7 Å². The lowest BCUT2D eigenvalue weighted by molar-refractivity contribution is 0.0991. The monoisotopic (exact) mass is 474 g/mol. The molecule has 0 aliphatic carbocycles. The van der Waals surface area contributed by atoms with Crippen LogP contribution in [0.2, 0.25) is 5.02 Å². The van der Waals surface area contributed by atoms with Crippen molar-refractivity contribution in [2.45, 2.75) is 33.3 Å². The number of hydrogen-bond donors (Lipinski definition) is 1. The maximum Gasteiger partial charge on any atom is 0.421 e. The van der Waals surface area contributed by atoms with Gasteiger partial charge in [-0.25, -0.2) is 19.1 Å². The zero-order valence-corrected chi connectivity index (χ0v) is 18.3. The minimum Gasteiger partial charge on any atom is -0.446 e. The number of nitrogens with one attached hydrogen (secondary N) is 1. The van der Waals surface area contributed by atoms with Crippen LogP contribution < -0.4 is 9.46 Å². The normalized spacial score (nSPS) is 10.6. The Labute approximate surface area is 176 Å². The number of carbonyl (C=O) groups excluding carboxylic acids is 1. The lowest BCUT2D eigenvalue weighted by Crippen LogP contribution is -2.29. The molecule has 27 heavy (non-hydrogen) atoms. The molecule has 1 heterocycles. The minimum absolute atomic E-state index is 0.177. The van der Waals surface area contributed by atoms with E-state index in [0.717, 1.165) is 23.0 Å². The summed E-state index contributed by atoms with van der Waals surface area (Å²) in [5, 5.41) is 0.388. The highest BCUT2D eigenvalue weighted by molar-refractivity contribution is 9.10. The molecule has 146 valence electrons. The van der Waals surface area contributed by atoms with Crippen molar-refractivity contribution in [3.63, 3.8) is 0 Å². The van der Waals surface area contributed by atoms with Gasteiger partial charge in [-0.3, -0.25) is 0 Å². The number of amides is 1. The van der Waals surface area contributed by atoms with E-state index in [1.807, 2.05) is 20.8 Å². The smallest absolute Gasteiger partial charge is 0.421 e. The standard InChI is InChI=1S/C17H20BrClN4O3S/c1-4-7-23(17(24)25-11(2)3)27-22-13-5-6-15(14(19)8-13)26-16-20-9-12(18)10-21-16/h5-6,8-11,22H,4,7H2,1-3H3. The first-order valence-electron chi connectivity index (χ1n) is 8.25. The molecule has 0 radical (unpaired) electrons. The first-order chi connectivity index (χ1) is 12.9. The van der Waals surface area contributed by atoms with E-state index in [9.17, 15) is 4.79 Å². The van der Waals surface area contributed by atoms with Crippen molar-refractivity contribution in [2.75, 3.05) is 11.3 Å². The van der Waals surface area contributed by atoms with Crippen LogP contribution in [0, 0.1) is 0 Å². The van der Waals surface area contributed by atoms with Gasteiger partial charge in [0, 0.05) is 24.6 Å². The average Bonchev–Trinajstić information content (AvgIpc) is 2.62. The Hall–Kier alpha value is -1.71. The Kier molecular flexibility index (Phi) is 8.46. The van der Waals surface area contributed by atoms with E-state index in [-0.39, 0.29) is 18.2 Å². The largest absolute Gasteiger partial charge is 0.446 e. The molecule has 7 nitrogen and oxygen atoms in total. The second-order valence-electron chi connectivity index (χ2n) is 5.66. The number of hydrogen-bond acceptors (Lipinski definition) is 7. The minimum atomic E-state index is -0.386. The van der Waals surface area contributed by atoms with Gasteiger partial charge in [-0.2, -0.15) is 0 Å². The SMILES string of the molecule is CCCN(SNc1ccc(Oc2ncc(Br)cn2)c(Cl)c1)C(=O)OC(C)C. The van der Waals surface area contributed by atoms with E-state index < -0.39 is 0 Å². The molecule has 0 saturated carbocycles. The van der Waals surface area contributed by atoms with Crippen LogP contribution in [0.25, 0.3) is 0 Å². The Morgan fingerprint density at radius 3 is 2.67 bits per heavy atom. The fourth-order valence-corrected chi connectivity index (χ4v) is 3.00. The van der Waals surface area contributed by atoms with Crippen molar-refractivity contribution in [3.05, 3.63) is 40.1 Å². The van der Waals surface area contributed by atoms with Gasteiger partial charge in [0.05, 0.1) is 27.7 Å². The van der Waals surface area contributed by atoms with Crippen LogP contribution in [0.3, 0.4) is 0 Å². The first-order valence-corrected chi connectivity index (χ1v) is 10.2. The molecule has 1 aromatic heterocycles. The highest BCUT2D eigenvalue weighted by Crippen LogP contribution is 2.31. The van der Waals surface area contributed by atoms with E-state index in [0.29, 0.717) is 23.0 Å². The summed E-state index contributed by atoms with van der Waals surface area (Å²) in [5.41, 5.74) is 0.715. The summed E-state index contributed by atoms with van der Waals surface area (Å²) in [6, 6.07) is 5.37. The maximum atomic E-state index is 12.1. The highest BCUT2D eigenvalue weighted by Gasteiger charge is 2.17. The van der Waals surface area contributed by atoms with Crippen molar-refractivity contribution in [1.82, 2.24) is 14.3 Å². The number of aromatic nitrogens is 2. The number of benzene rings is 1. The van der Waals surface area contributed by atoms with Crippen LogP contribution in [0.5, 0.6) is 11.8 Å². The number of nitrogens with zero attached hydrogens (tertiary/aromatic N) is 3. The van der Waals surface area contributed by atoms with Crippen molar-refractivity contribution in [1.29, 1.82) is 0 Å². The molecule has 0 spiro atoms. The topological polar surface area (TPSA) is 76.6 Å². The summed E-state index contributed by atoms with van der Waals surface area (Å²) in [6.07, 6.45) is 3.41. The quantitative estimate of drug-likeness (QED) is 0.475. The zero-order chi connectivity index (χ0) is 19.8. The Morgan fingerprint density at radius 2 is 2.07 bits per heavy atom. The molecule has 0 saturated heterocycles. The lowest BCUT2D eigenvalue weighted by atomic mass is 10.3. The van der Waals surface area contributed by atoms with Gasteiger partial charge in [-0.05, 0) is 54.4 Å². The van der Waals surface area contributed by atoms with Crippen LogP contribution in [0.4, 0.5) is 10.5 Å². The van der Waals surface area contributed by atoms with Gasteiger partial charge in [0.25, 0.3) is 0 Å². The van der Waals surface area contributed by atoms with Crippen LogP contribution in [0.15, 0.2) is 35.1 Å². The Bertz CT molecular complexity index is 764. The lowest BCUT2D eigenvalue weighted by Gasteiger charge is -2.21. The first kappa shape index (κ1) is 21.6. The van der Waals surface area contributed by atoms with E-state index in [4.69, 9.17) is 21.1 Å². The molecule has 1 N–H and O–H groups in total. The number of anilines is 1. The van der Waals surface area contributed by atoms with Crippen molar-refractivity contribution in [3.8, 4) is 11.8 Å². The molecule has 0 fully saturated rings. The molecule has 1 aromatic carbocycles. The highest BCUT2D eigenvalue weighted by atomic mass is 79.9. The molecule has 0 atom stereocenters. The molecule has 2 rings (SSSR count). The summed E-state index contributed by atoms with van der Waals surface area (Å²) >= 11 is 10.7. The summed E-state index contributed by atoms with van der Waals surface area (Å²) in [5.74, 6) is 0.430. The molecule has 0 unspecified atom stereocenters.